The van der Waals surface area contributed by atoms with Gasteiger partial charge in [-0.3, -0.25) is 19.6 Å². The number of hydroxylamine groups is 1. The number of carbonyl (C=O) groups is 2. The molecule has 29 heavy (non-hydrogen) atoms. The molecule has 0 saturated heterocycles. The molecule has 3 aromatic rings. The normalized spacial score (nSPS) is 10.3. The van der Waals surface area contributed by atoms with Gasteiger partial charge in [-0.05, 0) is 42.0 Å². The molecule has 0 aliphatic carbocycles. The molecule has 8 nitrogen and oxygen atoms in total. The van der Waals surface area contributed by atoms with Crippen LogP contribution in [0.3, 0.4) is 0 Å². The van der Waals surface area contributed by atoms with Crippen LogP contribution in [0.15, 0.2) is 71.7 Å². The topological polar surface area (TPSA) is 110 Å². The number of nitrogens with one attached hydrogen (secondary N) is 2. The summed E-state index contributed by atoms with van der Waals surface area (Å²) in [6.45, 7) is 0.218. The zero-order chi connectivity index (χ0) is 20.8. The van der Waals surface area contributed by atoms with Gasteiger partial charge in [0.05, 0.1) is 19.3 Å². The zero-order valence-corrected chi connectivity index (χ0v) is 15.6. The fraction of sp³-hybridized carbons (Fsp3) is 0.0952. The Labute approximate surface area is 166 Å². The number of carbonyl (C=O) groups excluding carboxylic acids is 2. The number of aromatic nitrogens is 1. The first-order valence-electron chi connectivity index (χ1n) is 8.70. The lowest BCUT2D eigenvalue weighted by Gasteiger charge is -2.11. The fourth-order valence-electron chi connectivity index (χ4n) is 2.79. The van der Waals surface area contributed by atoms with Gasteiger partial charge in [-0.1, -0.05) is 24.3 Å². The molecule has 3 N–H and O–H groups in total. The van der Waals surface area contributed by atoms with Crippen LogP contribution in [0, 0.1) is 0 Å². The molecule has 0 spiro atoms. The van der Waals surface area contributed by atoms with Gasteiger partial charge in [-0.25, -0.2) is 5.48 Å². The lowest BCUT2D eigenvalue weighted by molar-refractivity contribution is 0.0706. The Morgan fingerprint density at radius 3 is 2.41 bits per heavy atom. The first kappa shape index (κ1) is 19.8. The Balaban J connectivity index is 1.81. The number of pyridine rings is 1. The van der Waals surface area contributed by atoms with Crippen LogP contribution in [-0.4, -0.2) is 28.7 Å². The maximum atomic E-state index is 12.8. The minimum absolute atomic E-state index is 0.00492. The third-order valence-corrected chi connectivity index (χ3v) is 4.29. The SMILES string of the molecule is COc1ccccc1NC(=O)c1cccn(Cc2ccc(C(=O)NO)cc2)c1=O. The van der Waals surface area contributed by atoms with Crippen LogP contribution >= 0.6 is 0 Å². The van der Waals surface area contributed by atoms with E-state index in [-0.39, 0.29) is 17.7 Å². The van der Waals surface area contributed by atoms with Gasteiger partial charge < -0.3 is 14.6 Å². The monoisotopic (exact) mass is 393 g/mol. The maximum Gasteiger partial charge on any atom is 0.274 e. The third kappa shape index (κ3) is 4.50. The average Bonchev–Trinajstić information content (AvgIpc) is 2.75. The summed E-state index contributed by atoms with van der Waals surface area (Å²) < 4.78 is 6.61. The van der Waals surface area contributed by atoms with Crippen molar-refractivity contribution in [2.75, 3.05) is 12.4 Å². The van der Waals surface area contributed by atoms with E-state index >= 15 is 0 Å². The highest BCUT2D eigenvalue weighted by atomic mass is 16.5. The molecule has 2 amide bonds. The maximum absolute atomic E-state index is 12.8. The Kier molecular flexibility index (Phi) is 6.06. The quantitative estimate of drug-likeness (QED) is 0.440. The summed E-state index contributed by atoms with van der Waals surface area (Å²) in [6, 6.07) is 16.4. The summed E-state index contributed by atoms with van der Waals surface area (Å²) in [5.41, 5.74) is 2.61. The van der Waals surface area contributed by atoms with Gasteiger partial charge in [-0.2, -0.15) is 0 Å². The van der Waals surface area contributed by atoms with E-state index in [0.29, 0.717) is 11.4 Å². The molecule has 0 bridgehead atoms. The second kappa shape index (κ2) is 8.85. The number of hydrogen-bond donors (Lipinski definition) is 3. The lowest BCUT2D eigenvalue weighted by Crippen LogP contribution is -2.29. The van der Waals surface area contributed by atoms with Gasteiger partial charge in [0.25, 0.3) is 17.4 Å². The minimum atomic E-state index is -0.622. The summed E-state index contributed by atoms with van der Waals surface area (Å²) in [6.07, 6.45) is 1.58. The van der Waals surface area contributed by atoms with Gasteiger partial charge in [0, 0.05) is 11.8 Å². The smallest absolute Gasteiger partial charge is 0.274 e. The van der Waals surface area contributed by atoms with Gasteiger partial charge in [0.1, 0.15) is 11.3 Å². The van der Waals surface area contributed by atoms with E-state index < -0.39 is 17.4 Å². The molecule has 8 heteroatoms. The predicted octanol–water partition coefficient (Wildman–Crippen LogP) is 2.28. The van der Waals surface area contributed by atoms with Crippen LogP contribution in [0.4, 0.5) is 5.69 Å². The fourth-order valence-corrected chi connectivity index (χ4v) is 2.79. The predicted molar refractivity (Wildman–Crippen MR) is 106 cm³/mol. The first-order chi connectivity index (χ1) is 14.0. The number of rotatable bonds is 6. The van der Waals surface area contributed by atoms with Crippen molar-refractivity contribution in [3.05, 3.63) is 93.9 Å². The number of ether oxygens (including phenoxy) is 1. The number of nitrogens with zero attached hydrogens (tertiary/aromatic N) is 1. The molecule has 1 aromatic heterocycles. The summed E-state index contributed by atoms with van der Waals surface area (Å²) in [5.74, 6) is -0.670. The van der Waals surface area contributed by atoms with Crippen molar-refractivity contribution in [1.82, 2.24) is 10.0 Å². The van der Waals surface area contributed by atoms with E-state index in [2.05, 4.69) is 5.32 Å². The highest BCUT2D eigenvalue weighted by Gasteiger charge is 2.14. The van der Waals surface area contributed by atoms with E-state index in [1.807, 2.05) is 0 Å². The van der Waals surface area contributed by atoms with Crippen LogP contribution in [0.5, 0.6) is 5.75 Å². The van der Waals surface area contributed by atoms with Crippen molar-refractivity contribution in [3.63, 3.8) is 0 Å². The van der Waals surface area contributed by atoms with E-state index in [1.54, 1.807) is 54.1 Å². The Morgan fingerprint density at radius 2 is 1.72 bits per heavy atom. The molecular formula is C21H19N3O5. The molecule has 0 aliphatic heterocycles. The number of methoxy groups -OCH3 is 1. The standard InChI is InChI=1S/C21H19N3O5/c1-29-18-7-3-2-6-17(18)22-20(26)16-5-4-12-24(21(16)27)13-14-8-10-15(11-9-14)19(25)23-28/h2-12,28H,13H2,1H3,(H,22,26)(H,23,25). The molecule has 1 heterocycles. The van der Waals surface area contributed by atoms with Crippen LogP contribution in [0.1, 0.15) is 26.3 Å². The van der Waals surface area contributed by atoms with E-state index in [0.717, 1.165) is 5.56 Å². The van der Waals surface area contributed by atoms with Crippen molar-refractivity contribution < 1.29 is 19.5 Å². The summed E-state index contributed by atoms with van der Waals surface area (Å²) in [5, 5.41) is 11.4. The summed E-state index contributed by atoms with van der Waals surface area (Å²) in [7, 11) is 1.50. The third-order valence-electron chi connectivity index (χ3n) is 4.29. The second-order valence-electron chi connectivity index (χ2n) is 6.15. The Morgan fingerprint density at radius 1 is 1.00 bits per heavy atom. The molecule has 0 saturated carbocycles. The van der Waals surface area contributed by atoms with Crippen LogP contribution < -0.4 is 21.1 Å². The molecule has 0 atom stereocenters. The van der Waals surface area contributed by atoms with Gasteiger partial charge >= 0.3 is 0 Å². The summed E-state index contributed by atoms with van der Waals surface area (Å²) in [4.78, 5) is 36.7. The van der Waals surface area contributed by atoms with Crippen LogP contribution in [0.25, 0.3) is 0 Å². The van der Waals surface area contributed by atoms with Crippen LogP contribution in [-0.2, 0) is 6.54 Å². The van der Waals surface area contributed by atoms with Crippen molar-refractivity contribution in [2.24, 2.45) is 0 Å². The molecule has 0 unspecified atom stereocenters. The van der Waals surface area contributed by atoms with Crippen LogP contribution in [0.2, 0.25) is 0 Å². The van der Waals surface area contributed by atoms with E-state index in [9.17, 15) is 14.4 Å². The second-order valence-corrected chi connectivity index (χ2v) is 6.15. The number of anilines is 1. The molecule has 3 rings (SSSR count). The van der Waals surface area contributed by atoms with Crippen molar-refractivity contribution >= 4 is 17.5 Å². The zero-order valence-electron chi connectivity index (χ0n) is 15.6. The van der Waals surface area contributed by atoms with Crippen molar-refractivity contribution in [1.29, 1.82) is 0 Å². The average molecular weight is 393 g/mol. The number of amides is 2. The molecule has 148 valence electrons. The molecule has 2 aromatic carbocycles. The largest absolute Gasteiger partial charge is 0.495 e. The minimum Gasteiger partial charge on any atom is -0.495 e. The number of benzene rings is 2. The van der Waals surface area contributed by atoms with Gasteiger partial charge in [0.15, 0.2) is 0 Å². The molecule has 0 fully saturated rings. The van der Waals surface area contributed by atoms with Gasteiger partial charge in [0.2, 0.25) is 0 Å². The van der Waals surface area contributed by atoms with Crippen molar-refractivity contribution in [2.45, 2.75) is 6.54 Å². The van der Waals surface area contributed by atoms with E-state index in [1.165, 1.54) is 29.9 Å². The van der Waals surface area contributed by atoms with E-state index in [4.69, 9.17) is 9.94 Å². The number of hydrogen-bond acceptors (Lipinski definition) is 5. The number of para-hydroxylation sites is 2. The lowest BCUT2D eigenvalue weighted by atomic mass is 10.1. The molecular weight excluding hydrogens is 374 g/mol. The first-order valence-corrected chi connectivity index (χ1v) is 8.70. The highest BCUT2D eigenvalue weighted by Crippen LogP contribution is 2.23. The van der Waals surface area contributed by atoms with Crippen molar-refractivity contribution in [3.8, 4) is 5.75 Å². The molecule has 0 aliphatic rings. The summed E-state index contributed by atoms with van der Waals surface area (Å²) >= 11 is 0. The highest BCUT2D eigenvalue weighted by molar-refractivity contribution is 6.04. The Hall–Kier alpha value is -3.91. The Bertz CT molecular complexity index is 1090. The molecule has 0 radical (unpaired) electrons. The van der Waals surface area contributed by atoms with Gasteiger partial charge in [-0.15, -0.1) is 0 Å².